The molecule has 0 aliphatic rings. The Balaban J connectivity index is 2.06. The van der Waals surface area contributed by atoms with E-state index < -0.39 is 45.8 Å². The zero-order valence-corrected chi connectivity index (χ0v) is 25.2. The molecule has 0 spiro atoms. The summed E-state index contributed by atoms with van der Waals surface area (Å²) in [5.41, 5.74) is 0.973. The second-order valence-corrected chi connectivity index (χ2v) is 13.2. The Kier molecular flexibility index (Phi) is 9.87. The van der Waals surface area contributed by atoms with Crippen LogP contribution in [0, 0.1) is 12.7 Å². The molecule has 0 radical (unpaired) electrons. The Bertz CT molecular complexity index is 1470. The standard InChI is InChI=1S/C29H32Cl2FN3O4S/c1-19-6-13-24(14-7-19)40(38,39)35(23-12-15-25(30)26(31)16-23)18-27(36)34(17-21-8-10-22(32)11-9-21)20(2)28(37)33-29(3,4)5/h6-16,20H,17-18H2,1-5H3,(H,33,37)/t20-/m0/s1. The van der Waals surface area contributed by atoms with Gasteiger partial charge >= 0.3 is 0 Å². The molecule has 3 aromatic carbocycles. The smallest absolute Gasteiger partial charge is 0.264 e. The van der Waals surface area contributed by atoms with Crippen molar-refractivity contribution in [3.63, 3.8) is 0 Å². The lowest BCUT2D eigenvalue weighted by Gasteiger charge is -2.33. The maximum absolute atomic E-state index is 13.9. The molecule has 2 amide bonds. The van der Waals surface area contributed by atoms with E-state index in [2.05, 4.69) is 5.32 Å². The van der Waals surface area contributed by atoms with Gasteiger partial charge in [0.25, 0.3) is 10.0 Å². The SMILES string of the molecule is Cc1ccc(S(=O)(=O)N(CC(=O)N(Cc2ccc(F)cc2)[C@@H](C)C(=O)NC(C)(C)C)c2ccc(Cl)c(Cl)c2)cc1. The molecule has 214 valence electrons. The first kappa shape index (κ1) is 31.4. The van der Waals surface area contributed by atoms with Crippen LogP contribution in [0.1, 0.15) is 38.8 Å². The molecule has 0 bridgehead atoms. The zero-order chi connectivity index (χ0) is 29.8. The van der Waals surface area contributed by atoms with E-state index in [-0.39, 0.29) is 27.2 Å². The Labute approximate surface area is 244 Å². The first-order valence-corrected chi connectivity index (χ1v) is 14.7. The number of carbonyl (C=O) groups is 2. The maximum atomic E-state index is 13.9. The second kappa shape index (κ2) is 12.6. The molecule has 0 unspecified atom stereocenters. The molecule has 0 fully saturated rings. The van der Waals surface area contributed by atoms with Gasteiger partial charge in [-0.2, -0.15) is 0 Å². The van der Waals surface area contributed by atoms with E-state index in [1.54, 1.807) is 19.1 Å². The molecule has 0 aliphatic carbocycles. The van der Waals surface area contributed by atoms with Crippen LogP contribution in [0.3, 0.4) is 0 Å². The van der Waals surface area contributed by atoms with E-state index in [9.17, 15) is 22.4 Å². The summed E-state index contributed by atoms with van der Waals surface area (Å²) in [7, 11) is -4.25. The topological polar surface area (TPSA) is 86.8 Å². The van der Waals surface area contributed by atoms with Crippen LogP contribution >= 0.6 is 23.2 Å². The third kappa shape index (κ3) is 7.96. The molecular weight excluding hydrogens is 576 g/mol. The highest BCUT2D eigenvalue weighted by molar-refractivity contribution is 7.92. The molecule has 1 N–H and O–H groups in total. The van der Waals surface area contributed by atoms with Gasteiger partial charge < -0.3 is 10.2 Å². The van der Waals surface area contributed by atoms with Crippen molar-refractivity contribution in [3.05, 3.63) is 93.7 Å². The van der Waals surface area contributed by atoms with Gasteiger partial charge in [0, 0.05) is 12.1 Å². The molecule has 0 aliphatic heterocycles. The van der Waals surface area contributed by atoms with E-state index in [1.165, 1.54) is 59.5 Å². The van der Waals surface area contributed by atoms with Gasteiger partial charge in [-0.25, -0.2) is 12.8 Å². The molecule has 3 aromatic rings. The monoisotopic (exact) mass is 607 g/mol. The third-order valence-electron chi connectivity index (χ3n) is 6.01. The lowest BCUT2D eigenvalue weighted by atomic mass is 10.1. The van der Waals surface area contributed by atoms with Crippen molar-refractivity contribution in [2.75, 3.05) is 10.8 Å². The van der Waals surface area contributed by atoms with Crippen LogP contribution in [0.4, 0.5) is 10.1 Å². The highest BCUT2D eigenvalue weighted by atomic mass is 35.5. The summed E-state index contributed by atoms with van der Waals surface area (Å²) in [5, 5.41) is 3.18. The number of carbonyl (C=O) groups excluding carboxylic acids is 2. The van der Waals surface area contributed by atoms with Crippen molar-refractivity contribution < 1.29 is 22.4 Å². The van der Waals surface area contributed by atoms with Crippen LogP contribution in [0.25, 0.3) is 0 Å². The summed E-state index contributed by atoms with van der Waals surface area (Å²) in [6.07, 6.45) is 0. The van der Waals surface area contributed by atoms with Crippen molar-refractivity contribution in [3.8, 4) is 0 Å². The van der Waals surface area contributed by atoms with Crippen LogP contribution in [0.5, 0.6) is 0 Å². The quantitative estimate of drug-likeness (QED) is 0.325. The number of nitrogens with one attached hydrogen (secondary N) is 1. The van der Waals surface area contributed by atoms with Gasteiger partial charge in [-0.15, -0.1) is 0 Å². The summed E-state index contributed by atoms with van der Waals surface area (Å²) < 4.78 is 42.2. The van der Waals surface area contributed by atoms with E-state index in [4.69, 9.17) is 23.2 Å². The van der Waals surface area contributed by atoms with Crippen molar-refractivity contribution in [1.29, 1.82) is 0 Å². The number of hydrogen-bond acceptors (Lipinski definition) is 4. The second-order valence-electron chi connectivity index (χ2n) is 10.5. The third-order valence-corrected chi connectivity index (χ3v) is 8.54. The van der Waals surface area contributed by atoms with Crippen LogP contribution in [-0.2, 0) is 26.2 Å². The predicted molar refractivity (Wildman–Crippen MR) is 156 cm³/mol. The van der Waals surface area contributed by atoms with Gasteiger partial charge in [-0.3, -0.25) is 13.9 Å². The number of hydrogen-bond donors (Lipinski definition) is 1. The Morgan fingerprint density at radius 1 is 0.950 bits per heavy atom. The van der Waals surface area contributed by atoms with Crippen LogP contribution in [0.15, 0.2) is 71.6 Å². The Morgan fingerprint density at radius 2 is 1.55 bits per heavy atom. The number of benzene rings is 3. The fourth-order valence-corrected chi connectivity index (χ4v) is 5.55. The fraction of sp³-hybridized carbons (Fsp3) is 0.310. The van der Waals surface area contributed by atoms with Gasteiger partial charge in [0.15, 0.2) is 0 Å². The molecule has 0 saturated heterocycles. The van der Waals surface area contributed by atoms with Crippen molar-refractivity contribution >= 4 is 50.7 Å². The number of rotatable bonds is 9. The summed E-state index contributed by atoms with van der Waals surface area (Å²) in [6.45, 7) is 8.12. The van der Waals surface area contributed by atoms with Crippen molar-refractivity contribution in [2.24, 2.45) is 0 Å². The number of nitrogens with zero attached hydrogens (tertiary/aromatic N) is 2. The fourth-order valence-electron chi connectivity index (χ4n) is 3.85. The van der Waals surface area contributed by atoms with Crippen LogP contribution in [0.2, 0.25) is 10.0 Å². The molecule has 0 saturated carbocycles. The van der Waals surface area contributed by atoms with Gasteiger partial charge in [0.2, 0.25) is 11.8 Å². The Hall–Kier alpha value is -3.14. The van der Waals surface area contributed by atoms with Gasteiger partial charge in [-0.05, 0) is 82.6 Å². The summed E-state index contributed by atoms with van der Waals surface area (Å²) >= 11 is 12.3. The minimum absolute atomic E-state index is 0.0272. The minimum atomic E-state index is -4.25. The molecule has 40 heavy (non-hydrogen) atoms. The van der Waals surface area contributed by atoms with E-state index in [1.807, 2.05) is 27.7 Å². The highest BCUT2D eigenvalue weighted by Gasteiger charge is 2.33. The summed E-state index contributed by atoms with van der Waals surface area (Å²) in [6, 6.07) is 15.0. The van der Waals surface area contributed by atoms with Gasteiger partial charge in [0.1, 0.15) is 18.4 Å². The molecular formula is C29H32Cl2FN3O4S. The Morgan fingerprint density at radius 3 is 2.10 bits per heavy atom. The average molecular weight is 609 g/mol. The normalized spacial score (nSPS) is 12.5. The average Bonchev–Trinajstić information content (AvgIpc) is 2.87. The van der Waals surface area contributed by atoms with Crippen LogP contribution < -0.4 is 9.62 Å². The molecule has 11 heteroatoms. The molecule has 0 heterocycles. The summed E-state index contributed by atoms with van der Waals surface area (Å²) in [4.78, 5) is 28.2. The maximum Gasteiger partial charge on any atom is 0.264 e. The van der Waals surface area contributed by atoms with E-state index in [0.717, 1.165) is 9.87 Å². The van der Waals surface area contributed by atoms with E-state index in [0.29, 0.717) is 5.56 Å². The molecule has 3 rings (SSSR count). The summed E-state index contributed by atoms with van der Waals surface area (Å²) in [5.74, 6) is -1.52. The first-order chi connectivity index (χ1) is 18.6. The number of anilines is 1. The zero-order valence-electron chi connectivity index (χ0n) is 22.9. The minimum Gasteiger partial charge on any atom is -0.350 e. The number of aryl methyl sites for hydroxylation is 1. The van der Waals surface area contributed by atoms with Crippen LogP contribution in [-0.4, -0.2) is 43.3 Å². The van der Waals surface area contributed by atoms with Crippen molar-refractivity contribution in [2.45, 2.75) is 57.6 Å². The number of amides is 2. The van der Waals surface area contributed by atoms with Gasteiger partial charge in [-0.1, -0.05) is 53.0 Å². The lowest BCUT2D eigenvalue weighted by Crippen LogP contribution is -2.54. The van der Waals surface area contributed by atoms with E-state index >= 15 is 0 Å². The molecule has 0 aromatic heterocycles. The predicted octanol–water partition coefficient (Wildman–Crippen LogP) is 5.97. The number of halogens is 3. The highest BCUT2D eigenvalue weighted by Crippen LogP contribution is 2.31. The van der Waals surface area contributed by atoms with Gasteiger partial charge in [0.05, 0.1) is 20.6 Å². The number of sulfonamides is 1. The molecule has 1 atom stereocenters. The van der Waals surface area contributed by atoms with Crippen molar-refractivity contribution in [1.82, 2.24) is 10.2 Å². The first-order valence-electron chi connectivity index (χ1n) is 12.5. The molecule has 7 nitrogen and oxygen atoms in total. The largest absolute Gasteiger partial charge is 0.350 e. The lowest BCUT2D eigenvalue weighted by molar-refractivity contribution is -0.140.